The van der Waals surface area contributed by atoms with Crippen LogP contribution in [0.3, 0.4) is 0 Å². The van der Waals surface area contributed by atoms with Crippen molar-refractivity contribution in [1.82, 2.24) is 0 Å². The summed E-state index contributed by atoms with van der Waals surface area (Å²) in [6, 6.07) is 0. The van der Waals surface area contributed by atoms with Crippen LogP contribution in [0.5, 0.6) is 0 Å². The van der Waals surface area contributed by atoms with Gasteiger partial charge in [0.1, 0.15) is 0 Å². The number of hydrogen-bond acceptors (Lipinski definition) is 1. The highest BCUT2D eigenvalue weighted by Gasteiger charge is 1.73. The molecule has 2 nitrogen and oxygen atoms in total. The summed E-state index contributed by atoms with van der Waals surface area (Å²) in [4.78, 5) is 9.25. The van der Waals surface area contributed by atoms with Crippen molar-refractivity contribution in [3.63, 3.8) is 0 Å². The van der Waals surface area contributed by atoms with Gasteiger partial charge in [-0.05, 0) is 10.1 Å². The van der Waals surface area contributed by atoms with Crippen molar-refractivity contribution in [1.29, 1.82) is 0 Å². The van der Waals surface area contributed by atoms with Crippen molar-refractivity contribution >= 4 is 31.1 Å². The molecule has 0 saturated heterocycles. The standard InChI is InChI=1S/C3H4O2.BrCl/c1-2-3(4)5;1-2/h2H,1H2,(H,4,5);. The Hall–Kier alpha value is -0.0200. The Balaban J connectivity index is 0. The van der Waals surface area contributed by atoms with Crippen LogP contribution in [0.15, 0.2) is 12.7 Å². The largest absolute Gasteiger partial charge is 0.478 e. The van der Waals surface area contributed by atoms with Gasteiger partial charge in [0, 0.05) is 21.1 Å². The average molecular weight is 187 g/mol. The van der Waals surface area contributed by atoms with Crippen LogP contribution in [-0.2, 0) is 4.79 Å². The molecule has 7 heavy (non-hydrogen) atoms. The number of carbonyl (C=O) groups is 1. The third-order valence-electron chi connectivity index (χ3n) is 0.175. The molecular formula is C3H4BrClO2. The molecule has 42 valence electrons. The topological polar surface area (TPSA) is 37.3 Å². The van der Waals surface area contributed by atoms with E-state index in [1.54, 1.807) is 0 Å². The van der Waals surface area contributed by atoms with Crippen molar-refractivity contribution < 1.29 is 9.90 Å². The fourth-order valence-corrected chi connectivity index (χ4v) is 0. The summed E-state index contributed by atoms with van der Waals surface area (Å²) in [5.41, 5.74) is 0. The number of hydrogen-bond donors (Lipinski definition) is 1. The number of carboxylic acid groups (broad SMARTS) is 1. The molecule has 0 saturated carbocycles. The minimum atomic E-state index is -0.981. The molecule has 0 atom stereocenters. The fourth-order valence-electron chi connectivity index (χ4n) is 0. The molecule has 1 N–H and O–H groups in total. The van der Waals surface area contributed by atoms with E-state index in [9.17, 15) is 4.79 Å². The minimum Gasteiger partial charge on any atom is -0.478 e. The van der Waals surface area contributed by atoms with Crippen molar-refractivity contribution in [3.8, 4) is 0 Å². The Bertz CT molecular complexity index is 64.0. The van der Waals surface area contributed by atoms with Gasteiger partial charge >= 0.3 is 5.97 Å². The lowest BCUT2D eigenvalue weighted by atomic mass is 10.7. The molecule has 0 radical (unpaired) electrons. The van der Waals surface area contributed by atoms with Crippen LogP contribution in [-0.4, -0.2) is 11.1 Å². The van der Waals surface area contributed by atoms with Crippen molar-refractivity contribution in [2.45, 2.75) is 0 Å². The third kappa shape index (κ3) is 24.2. The lowest BCUT2D eigenvalue weighted by Crippen LogP contribution is -1.82. The molecule has 0 amide bonds. The molecular weight excluding hydrogens is 183 g/mol. The summed E-state index contributed by atoms with van der Waals surface area (Å²) in [7, 11) is 4.45. The molecule has 4 heteroatoms. The zero-order chi connectivity index (χ0) is 6.28. The van der Waals surface area contributed by atoms with Crippen LogP contribution < -0.4 is 0 Å². The first kappa shape index (κ1) is 10.1. The third-order valence-corrected chi connectivity index (χ3v) is 0.175. The second-order valence-corrected chi connectivity index (χ2v) is 0.542. The summed E-state index contributed by atoms with van der Waals surface area (Å²) in [5.74, 6) is -0.981. The SMILES string of the molecule is C=CC(=O)O.ClBr. The number of halogens is 2. The van der Waals surface area contributed by atoms with E-state index in [4.69, 9.17) is 5.11 Å². The maximum absolute atomic E-state index is 9.25. The van der Waals surface area contributed by atoms with Crippen LogP contribution in [0.25, 0.3) is 0 Å². The molecule has 0 bridgehead atoms. The molecule has 0 aromatic rings. The monoisotopic (exact) mass is 186 g/mol. The first-order chi connectivity index (χ1) is 3.27. The van der Waals surface area contributed by atoms with Crippen molar-refractivity contribution in [3.05, 3.63) is 12.7 Å². The maximum Gasteiger partial charge on any atom is 0.327 e. The number of rotatable bonds is 1. The van der Waals surface area contributed by atoms with Gasteiger partial charge in [-0.25, -0.2) is 4.79 Å². The Morgan fingerprint density at radius 1 is 1.86 bits per heavy atom. The average Bonchev–Trinajstić information content (AvgIpc) is 1.73. The van der Waals surface area contributed by atoms with Crippen LogP contribution in [0.1, 0.15) is 0 Å². The Morgan fingerprint density at radius 3 is 2.00 bits per heavy atom. The van der Waals surface area contributed by atoms with Crippen LogP contribution >= 0.6 is 25.1 Å². The van der Waals surface area contributed by atoms with E-state index >= 15 is 0 Å². The van der Waals surface area contributed by atoms with Gasteiger partial charge in [0.2, 0.25) is 0 Å². The Kier molecular flexibility index (Phi) is 13.5. The zero-order valence-electron chi connectivity index (χ0n) is 3.40. The summed E-state index contributed by atoms with van der Waals surface area (Å²) in [6.07, 6.45) is 0.833. The maximum atomic E-state index is 9.25. The molecule has 0 aromatic heterocycles. The first-order valence-corrected chi connectivity index (χ1v) is 3.35. The van der Waals surface area contributed by atoms with Gasteiger partial charge < -0.3 is 5.11 Å². The summed E-state index contributed by atoms with van der Waals surface area (Å²) < 4.78 is 0. The first-order valence-electron chi connectivity index (χ1n) is 1.27. The molecule has 0 unspecified atom stereocenters. The molecule has 0 rings (SSSR count). The summed E-state index contributed by atoms with van der Waals surface area (Å²) in [6.45, 7) is 2.96. The van der Waals surface area contributed by atoms with E-state index in [0.29, 0.717) is 0 Å². The van der Waals surface area contributed by atoms with Crippen molar-refractivity contribution in [2.24, 2.45) is 0 Å². The number of aliphatic carboxylic acids is 1. The van der Waals surface area contributed by atoms with Crippen LogP contribution in [0, 0.1) is 0 Å². The second-order valence-electron chi connectivity index (χ2n) is 0.542. The van der Waals surface area contributed by atoms with E-state index in [0.717, 1.165) is 6.08 Å². The highest BCUT2D eigenvalue weighted by atomic mass is 79.9. The molecule has 0 aliphatic heterocycles. The van der Waals surface area contributed by atoms with E-state index < -0.39 is 5.97 Å². The molecule has 0 aliphatic carbocycles. The van der Waals surface area contributed by atoms with Gasteiger partial charge in [-0.15, -0.1) is 0 Å². The quantitative estimate of drug-likeness (QED) is 0.636. The highest BCUT2D eigenvalue weighted by molar-refractivity contribution is 9.22. The van der Waals surface area contributed by atoms with E-state index in [1.807, 2.05) is 0 Å². The zero-order valence-corrected chi connectivity index (χ0v) is 5.74. The molecule has 0 spiro atoms. The predicted molar refractivity (Wildman–Crippen MR) is 32.6 cm³/mol. The second kappa shape index (κ2) is 9.36. The predicted octanol–water partition coefficient (Wildman–Crippen LogP) is 1.79. The summed E-state index contributed by atoms with van der Waals surface area (Å²) >= 11 is 2.41. The molecule has 0 heterocycles. The molecule has 0 aromatic carbocycles. The Labute approximate surface area is 54.1 Å². The van der Waals surface area contributed by atoms with Gasteiger partial charge in [0.05, 0.1) is 0 Å². The smallest absolute Gasteiger partial charge is 0.327 e. The van der Waals surface area contributed by atoms with E-state index in [-0.39, 0.29) is 0 Å². The minimum absolute atomic E-state index is 0.833. The van der Waals surface area contributed by atoms with Gasteiger partial charge in [0.25, 0.3) is 0 Å². The molecule has 0 aliphatic rings. The number of carboxylic acids is 1. The van der Waals surface area contributed by atoms with E-state index in [1.165, 1.54) is 0 Å². The summed E-state index contributed by atoms with van der Waals surface area (Å²) in [5, 5.41) is 7.60. The van der Waals surface area contributed by atoms with Crippen LogP contribution in [0.4, 0.5) is 0 Å². The van der Waals surface area contributed by atoms with Crippen LogP contribution in [0.2, 0.25) is 0 Å². The van der Waals surface area contributed by atoms with Crippen molar-refractivity contribution in [2.75, 3.05) is 0 Å². The molecule has 0 fully saturated rings. The fraction of sp³-hybridized carbons (Fsp3) is 0. The lowest BCUT2D eigenvalue weighted by molar-refractivity contribution is -0.131. The van der Waals surface area contributed by atoms with E-state index in [2.05, 4.69) is 31.7 Å². The highest BCUT2D eigenvalue weighted by Crippen LogP contribution is 1.77. The Morgan fingerprint density at radius 2 is 2.00 bits per heavy atom. The normalized spacial score (nSPS) is 5.43. The lowest BCUT2D eigenvalue weighted by Gasteiger charge is -1.64. The van der Waals surface area contributed by atoms with Gasteiger partial charge in [0.15, 0.2) is 0 Å². The van der Waals surface area contributed by atoms with Gasteiger partial charge in [-0.1, -0.05) is 6.58 Å². The van der Waals surface area contributed by atoms with Gasteiger partial charge in [-0.3, -0.25) is 0 Å². The van der Waals surface area contributed by atoms with Gasteiger partial charge in [-0.2, -0.15) is 0 Å².